The van der Waals surface area contributed by atoms with Gasteiger partial charge in [-0.05, 0) is 11.8 Å². The lowest BCUT2D eigenvalue weighted by atomic mass is 10.0. The number of hydrogen-bond donors (Lipinski definition) is 4. The number of nitrogens with two attached hydrogens (primary N) is 1. The van der Waals surface area contributed by atoms with Gasteiger partial charge >= 0.3 is 0 Å². The van der Waals surface area contributed by atoms with Crippen molar-refractivity contribution >= 4 is 22.9 Å². The average Bonchev–Trinajstić information content (AvgIpc) is 2.75. The van der Waals surface area contributed by atoms with E-state index in [9.17, 15) is 10.2 Å². The van der Waals surface area contributed by atoms with Crippen molar-refractivity contribution in [2.45, 2.75) is 6.54 Å². The first-order valence-electron chi connectivity index (χ1n) is 6.33. The van der Waals surface area contributed by atoms with Crippen LogP contribution in [0, 0.1) is 17.3 Å². The highest BCUT2D eigenvalue weighted by Crippen LogP contribution is 2.62. The van der Waals surface area contributed by atoms with Gasteiger partial charge in [-0.25, -0.2) is 4.98 Å². The second kappa shape index (κ2) is 6.04. The minimum absolute atomic E-state index is 0.111. The van der Waals surface area contributed by atoms with Gasteiger partial charge in [0.25, 0.3) is 6.47 Å². The lowest BCUT2D eigenvalue weighted by molar-refractivity contribution is -0.122. The minimum Gasteiger partial charge on any atom is -0.483 e. The van der Waals surface area contributed by atoms with Crippen LogP contribution in [0.4, 0.5) is 5.13 Å². The predicted molar refractivity (Wildman–Crippen MR) is 74.1 cm³/mol. The molecule has 8 heteroatoms. The van der Waals surface area contributed by atoms with E-state index < -0.39 is 0 Å². The standard InChI is InChI=1S/C11H17N3O2S.CH2O2/c12-10-13-1-7(17-10)2-14-3-8-9(4-14)11(8,5-15)6-16;2-1-3/h1,8-9,15-16H,2-6H2,(H2,12,13);1H,(H,2,3). The Balaban J connectivity index is 0.000000452. The van der Waals surface area contributed by atoms with E-state index >= 15 is 0 Å². The maximum Gasteiger partial charge on any atom is 0.290 e. The Hall–Kier alpha value is -1.22. The monoisotopic (exact) mass is 301 g/mol. The van der Waals surface area contributed by atoms with Gasteiger partial charge in [-0.2, -0.15) is 0 Å². The van der Waals surface area contributed by atoms with E-state index in [1.807, 2.05) is 6.20 Å². The van der Waals surface area contributed by atoms with Crippen molar-refractivity contribution in [2.75, 3.05) is 32.0 Å². The smallest absolute Gasteiger partial charge is 0.290 e. The molecule has 0 spiro atoms. The number of aromatic nitrogens is 1. The summed E-state index contributed by atoms with van der Waals surface area (Å²) in [4.78, 5) is 15.9. The first kappa shape index (κ1) is 15.2. The molecule has 0 bridgehead atoms. The molecule has 2 atom stereocenters. The van der Waals surface area contributed by atoms with Crippen molar-refractivity contribution in [3.05, 3.63) is 11.1 Å². The molecule has 1 aliphatic heterocycles. The highest BCUT2D eigenvalue weighted by atomic mass is 32.1. The zero-order chi connectivity index (χ0) is 14.8. The van der Waals surface area contributed by atoms with Gasteiger partial charge in [-0.15, -0.1) is 11.3 Å². The number of nitrogens with zero attached hydrogens (tertiary/aromatic N) is 2. The Morgan fingerprint density at radius 1 is 1.45 bits per heavy atom. The van der Waals surface area contributed by atoms with Crippen LogP contribution in [0.1, 0.15) is 4.88 Å². The number of carboxylic acid groups (broad SMARTS) is 1. The quantitative estimate of drug-likeness (QED) is 0.551. The van der Waals surface area contributed by atoms with Crippen LogP contribution in [0.2, 0.25) is 0 Å². The third-order valence-corrected chi connectivity index (χ3v) is 5.11. The summed E-state index contributed by atoms with van der Waals surface area (Å²) >= 11 is 1.53. The number of likely N-dealkylation sites (tertiary alicyclic amines) is 1. The number of fused-ring (bicyclic) bond motifs is 1. The van der Waals surface area contributed by atoms with Gasteiger partial charge in [-0.1, -0.05) is 0 Å². The second-order valence-corrected chi connectivity index (χ2v) is 6.37. The molecule has 1 aromatic rings. The van der Waals surface area contributed by atoms with Crippen LogP contribution < -0.4 is 5.73 Å². The molecule has 112 valence electrons. The molecule has 2 aliphatic rings. The van der Waals surface area contributed by atoms with Crippen molar-refractivity contribution in [1.29, 1.82) is 0 Å². The number of piperidine rings is 1. The van der Waals surface area contributed by atoms with Crippen molar-refractivity contribution in [1.82, 2.24) is 9.88 Å². The zero-order valence-electron chi connectivity index (χ0n) is 11.0. The first-order chi connectivity index (χ1) is 9.61. The summed E-state index contributed by atoms with van der Waals surface area (Å²) in [5.74, 6) is 0.922. The van der Waals surface area contributed by atoms with Crippen LogP contribution >= 0.6 is 11.3 Å². The Morgan fingerprint density at radius 3 is 2.40 bits per heavy atom. The molecule has 5 N–H and O–H groups in total. The van der Waals surface area contributed by atoms with Gasteiger partial charge in [0, 0.05) is 36.1 Å². The summed E-state index contributed by atoms with van der Waals surface area (Å²) in [6, 6.07) is 0. The number of anilines is 1. The summed E-state index contributed by atoms with van der Waals surface area (Å²) in [7, 11) is 0. The fourth-order valence-corrected chi connectivity index (χ4v) is 3.91. The molecule has 2 unspecified atom stereocenters. The van der Waals surface area contributed by atoms with Crippen molar-refractivity contribution in [3.63, 3.8) is 0 Å². The molecule has 7 nitrogen and oxygen atoms in total. The van der Waals surface area contributed by atoms with E-state index in [0.717, 1.165) is 19.6 Å². The van der Waals surface area contributed by atoms with Crippen molar-refractivity contribution < 1.29 is 20.1 Å². The van der Waals surface area contributed by atoms with Gasteiger partial charge < -0.3 is 21.1 Å². The Kier molecular flexibility index (Phi) is 4.59. The fourth-order valence-electron chi connectivity index (χ4n) is 3.18. The van der Waals surface area contributed by atoms with Gasteiger partial charge in [0.15, 0.2) is 5.13 Å². The van der Waals surface area contributed by atoms with Crippen molar-refractivity contribution in [2.24, 2.45) is 17.3 Å². The Bertz CT molecular complexity index is 449. The molecule has 3 rings (SSSR count). The van der Waals surface area contributed by atoms with E-state index in [1.54, 1.807) is 0 Å². The molecule has 1 saturated heterocycles. The molecule has 0 radical (unpaired) electrons. The topological polar surface area (TPSA) is 120 Å². The molecule has 1 aliphatic carbocycles. The summed E-state index contributed by atoms with van der Waals surface area (Å²) in [6.07, 6.45) is 1.83. The van der Waals surface area contributed by atoms with Gasteiger partial charge in [0.05, 0.1) is 13.2 Å². The number of thiazole rings is 1. The number of rotatable bonds is 4. The third-order valence-electron chi connectivity index (χ3n) is 4.30. The van der Waals surface area contributed by atoms with Gasteiger partial charge in [-0.3, -0.25) is 9.69 Å². The van der Waals surface area contributed by atoms with E-state index in [4.69, 9.17) is 15.6 Å². The second-order valence-electron chi connectivity index (χ2n) is 5.23. The molecular formula is C12H19N3O4S. The minimum atomic E-state index is -0.250. The molecule has 1 saturated carbocycles. The van der Waals surface area contributed by atoms with Crippen molar-refractivity contribution in [3.8, 4) is 0 Å². The molecule has 1 aromatic heterocycles. The SMILES string of the molecule is Nc1ncc(CN2CC3C(C2)C3(CO)CO)s1.O=CO. The number of aliphatic hydroxyl groups excluding tert-OH is 2. The summed E-state index contributed by atoms with van der Waals surface area (Å²) < 4.78 is 0. The molecule has 2 fully saturated rings. The van der Waals surface area contributed by atoms with Crippen LogP contribution in [0.5, 0.6) is 0 Å². The average molecular weight is 301 g/mol. The fraction of sp³-hybridized carbons (Fsp3) is 0.667. The highest BCUT2D eigenvalue weighted by molar-refractivity contribution is 7.15. The van der Waals surface area contributed by atoms with Gasteiger partial charge in [0.1, 0.15) is 0 Å². The van der Waals surface area contributed by atoms with Gasteiger partial charge in [0.2, 0.25) is 0 Å². The Morgan fingerprint density at radius 2 is 2.00 bits per heavy atom. The predicted octanol–water partition coefficient (Wildman–Crippen LogP) is -0.541. The number of hydrogen-bond acceptors (Lipinski definition) is 7. The largest absolute Gasteiger partial charge is 0.483 e. The molecule has 0 aromatic carbocycles. The number of nitrogen functional groups attached to an aromatic ring is 1. The Labute approximate surface area is 120 Å². The van der Waals surface area contributed by atoms with Crippen LogP contribution in [-0.4, -0.2) is 58.0 Å². The van der Waals surface area contributed by atoms with E-state index in [0.29, 0.717) is 17.0 Å². The maximum atomic E-state index is 9.34. The normalized spacial score (nSPS) is 26.5. The van der Waals surface area contributed by atoms with E-state index in [-0.39, 0.29) is 25.1 Å². The number of aliphatic hydroxyl groups is 2. The third kappa shape index (κ3) is 2.64. The summed E-state index contributed by atoms with van der Waals surface area (Å²) in [5.41, 5.74) is 5.41. The van der Waals surface area contributed by atoms with E-state index in [2.05, 4.69) is 9.88 Å². The molecule has 0 amide bonds. The molecule has 20 heavy (non-hydrogen) atoms. The lowest BCUT2D eigenvalue weighted by Crippen LogP contribution is -2.31. The first-order valence-corrected chi connectivity index (χ1v) is 7.15. The highest BCUT2D eigenvalue weighted by Gasteiger charge is 2.67. The van der Waals surface area contributed by atoms with Crippen LogP contribution in [0.25, 0.3) is 0 Å². The molecule has 2 heterocycles. The lowest BCUT2D eigenvalue weighted by Gasteiger charge is -2.23. The van der Waals surface area contributed by atoms with Crippen LogP contribution in [0.3, 0.4) is 0 Å². The number of carbonyl (C=O) groups is 1. The summed E-state index contributed by atoms with van der Waals surface area (Å²) in [5, 5.41) is 26.2. The summed E-state index contributed by atoms with van der Waals surface area (Å²) in [6.45, 7) is 2.78. The van der Waals surface area contributed by atoms with Crippen LogP contribution in [0.15, 0.2) is 6.20 Å². The molecular weight excluding hydrogens is 282 g/mol. The zero-order valence-corrected chi connectivity index (χ0v) is 11.8. The van der Waals surface area contributed by atoms with Crippen LogP contribution in [-0.2, 0) is 11.3 Å². The maximum absolute atomic E-state index is 9.34. The van der Waals surface area contributed by atoms with E-state index in [1.165, 1.54) is 16.2 Å².